The van der Waals surface area contributed by atoms with E-state index in [4.69, 9.17) is 5.84 Å². The highest BCUT2D eigenvalue weighted by atomic mass is 32.2. The molecule has 0 fully saturated rings. The first-order valence-corrected chi connectivity index (χ1v) is 7.65. The van der Waals surface area contributed by atoms with Gasteiger partial charge in [0.1, 0.15) is 0 Å². The number of nitrogens with one attached hydrogen (secondary N) is 1. The summed E-state index contributed by atoms with van der Waals surface area (Å²) < 4.78 is 39.9. The molecule has 12 heteroatoms. The molecule has 2 heterocycles. The number of carbonyl (C=O) groups is 1. The number of halogens is 3. The van der Waals surface area contributed by atoms with Crippen LogP contribution < -0.4 is 11.2 Å². The van der Waals surface area contributed by atoms with Crippen molar-refractivity contribution in [3.05, 3.63) is 17.2 Å². The summed E-state index contributed by atoms with van der Waals surface area (Å²) in [6.07, 6.45) is -4.71. The first-order valence-electron chi connectivity index (χ1n) is 6.77. The minimum Gasteiger partial charge on any atom is -0.335 e. The molecule has 0 saturated heterocycles. The van der Waals surface area contributed by atoms with Crippen LogP contribution in [0.3, 0.4) is 0 Å². The van der Waals surface area contributed by atoms with Gasteiger partial charge in [-0.15, -0.1) is 10.2 Å². The number of rotatable bonds is 4. The summed E-state index contributed by atoms with van der Waals surface area (Å²) in [7, 11) is 1.74. The number of hydrogen-bond acceptors (Lipinski definition) is 6. The van der Waals surface area contributed by atoms with E-state index in [9.17, 15) is 18.0 Å². The lowest BCUT2D eigenvalue weighted by Crippen LogP contribution is -2.25. The maximum absolute atomic E-state index is 12.6. The van der Waals surface area contributed by atoms with Gasteiger partial charge in [-0.05, 0) is 20.8 Å². The standard InChI is InChI=1S/C12H16F3N7OS/c1-5-8(6(2)21(4)20-5)17-9(23)7(3)24-11-19-18-10(22(11)16)12(13,14)15/h7H,16H2,1-4H3,(H,17,23)/t7-/m1/s1. The van der Waals surface area contributed by atoms with E-state index in [1.165, 1.54) is 6.92 Å². The van der Waals surface area contributed by atoms with Gasteiger partial charge in [0.15, 0.2) is 0 Å². The second-order valence-corrected chi connectivity index (χ2v) is 6.40. The zero-order chi connectivity index (χ0) is 18.2. The predicted molar refractivity (Wildman–Crippen MR) is 81.8 cm³/mol. The third-order valence-electron chi connectivity index (χ3n) is 3.33. The number of amides is 1. The fourth-order valence-corrected chi connectivity index (χ4v) is 2.71. The molecule has 8 nitrogen and oxygen atoms in total. The number of thioether (sulfide) groups is 1. The van der Waals surface area contributed by atoms with Crippen molar-refractivity contribution in [2.24, 2.45) is 7.05 Å². The normalized spacial score (nSPS) is 13.1. The van der Waals surface area contributed by atoms with Gasteiger partial charge in [-0.1, -0.05) is 11.8 Å². The molecule has 1 amide bonds. The zero-order valence-electron chi connectivity index (χ0n) is 13.3. The molecule has 2 aromatic rings. The number of carbonyl (C=O) groups excluding carboxylic acids is 1. The quantitative estimate of drug-likeness (QED) is 0.630. The van der Waals surface area contributed by atoms with Gasteiger partial charge in [0.2, 0.25) is 11.1 Å². The van der Waals surface area contributed by atoms with Gasteiger partial charge in [-0.3, -0.25) is 9.48 Å². The first-order chi connectivity index (χ1) is 11.0. The minimum absolute atomic E-state index is 0.204. The molecule has 0 bridgehead atoms. The van der Waals surface area contributed by atoms with E-state index < -0.39 is 23.2 Å². The summed E-state index contributed by atoms with van der Waals surface area (Å²) in [6, 6.07) is 0. The maximum atomic E-state index is 12.6. The molecule has 2 rings (SSSR count). The monoisotopic (exact) mass is 363 g/mol. The molecule has 0 saturated carbocycles. The van der Waals surface area contributed by atoms with Crippen molar-refractivity contribution in [2.45, 2.75) is 37.4 Å². The smallest absolute Gasteiger partial charge is 0.335 e. The Labute approximate surface area is 139 Å². The van der Waals surface area contributed by atoms with Crippen molar-refractivity contribution >= 4 is 23.4 Å². The van der Waals surface area contributed by atoms with E-state index in [1.807, 2.05) is 0 Å². The van der Waals surface area contributed by atoms with Crippen molar-refractivity contribution in [3.63, 3.8) is 0 Å². The lowest BCUT2D eigenvalue weighted by molar-refractivity contribution is -0.146. The van der Waals surface area contributed by atoms with Gasteiger partial charge in [0.05, 0.1) is 22.3 Å². The Kier molecular flexibility index (Phi) is 4.78. The zero-order valence-corrected chi connectivity index (χ0v) is 14.2. The summed E-state index contributed by atoms with van der Waals surface area (Å²) in [5.41, 5.74) is 1.97. The van der Waals surface area contributed by atoms with Gasteiger partial charge in [-0.25, -0.2) is 4.68 Å². The summed E-state index contributed by atoms with van der Waals surface area (Å²) in [5.74, 6) is 3.62. The third-order valence-corrected chi connectivity index (χ3v) is 4.38. The van der Waals surface area contributed by atoms with Crippen molar-refractivity contribution in [3.8, 4) is 0 Å². The SMILES string of the molecule is Cc1nn(C)c(C)c1NC(=O)[C@@H](C)Sc1nnc(C(F)(F)F)n1N. The molecule has 0 unspecified atom stereocenters. The minimum atomic E-state index is -4.71. The first kappa shape index (κ1) is 18.1. The highest BCUT2D eigenvalue weighted by Crippen LogP contribution is 2.30. The number of alkyl halides is 3. The highest BCUT2D eigenvalue weighted by molar-refractivity contribution is 8.00. The van der Waals surface area contributed by atoms with Gasteiger partial charge in [0.25, 0.3) is 5.82 Å². The molecule has 0 aliphatic carbocycles. The van der Waals surface area contributed by atoms with E-state index >= 15 is 0 Å². The van der Waals surface area contributed by atoms with Crippen molar-refractivity contribution in [1.29, 1.82) is 0 Å². The highest BCUT2D eigenvalue weighted by Gasteiger charge is 2.38. The van der Waals surface area contributed by atoms with Gasteiger partial charge < -0.3 is 11.2 Å². The van der Waals surface area contributed by atoms with Crippen molar-refractivity contribution in [1.82, 2.24) is 24.7 Å². The Morgan fingerprint density at radius 3 is 2.42 bits per heavy atom. The summed E-state index contributed by atoms with van der Waals surface area (Å²) >= 11 is 0.778. The van der Waals surface area contributed by atoms with Crippen LogP contribution in [0.4, 0.5) is 18.9 Å². The Morgan fingerprint density at radius 2 is 1.96 bits per heavy atom. The number of nitrogens with two attached hydrogens (primary N) is 1. The van der Waals surface area contributed by atoms with E-state index in [1.54, 1.807) is 25.6 Å². The molecule has 3 N–H and O–H groups in total. The fraction of sp³-hybridized carbons (Fsp3) is 0.500. The fourth-order valence-electron chi connectivity index (χ4n) is 1.94. The maximum Gasteiger partial charge on any atom is 0.453 e. The molecule has 0 aliphatic rings. The molecule has 0 aromatic carbocycles. The lowest BCUT2D eigenvalue weighted by Gasteiger charge is -2.12. The number of nitrogens with zero attached hydrogens (tertiary/aromatic N) is 5. The van der Waals surface area contributed by atoms with E-state index in [-0.39, 0.29) is 5.16 Å². The van der Waals surface area contributed by atoms with Crippen LogP contribution in [0.1, 0.15) is 24.1 Å². The average molecular weight is 363 g/mol. The van der Waals surface area contributed by atoms with Crippen LogP contribution in [0.15, 0.2) is 5.16 Å². The largest absolute Gasteiger partial charge is 0.453 e. The van der Waals surface area contributed by atoms with Crippen LogP contribution in [0.25, 0.3) is 0 Å². The van der Waals surface area contributed by atoms with Crippen LogP contribution in [0, 0.1) is 13.8 Å². The number of hydrogen-bond donors (Lipinski definition) is 2. The molecule has 1 atom stereocenters. The van der Waals surface area contributed by atoms with Crippen LogP contribution in [-0.2, 0) is 18.0 Å². The van der Waals surface area contributed by atoms with Crippen LogP contribution >= 0.6 is 11.8 Å². The topological polar surface area (TPSA) is 104 Å². The van der Waals surface area contributed by atoms with Crippen LogP contribution in [0.2, 0.25) is 0 Å². The number of aryl methyl sites for hydroxylation is 2. The van der Waals surface area contributed by atoms with Gasteiger partial charge >= 0.3 is 6.18 Å². The summed E-state index contributed by atoms with van der Waals surface area (Å²) in [4.78, 5) is 12.3. The molecule has 0 spiro atoms. The molecule has 0 radical (unpaired) electrons. The van der Waals surface area contributed by atoms with E-state index in [2.05, 4.69) is 20.6 Å². The van der Waals surface area contributed by atoms with E-state index in [0.717, 1.165) is 17.5 Å². The molecule has 2 aromatic heterocycles. The van der Waals surface area contributed by atoms with Crippen molar-refractivity contribution < 1.29 is 18.0 Å². The number of anilines is 1. The number of aromatic nitrogens is 5. The van der Waals surface area contributed by atoms with Crippen LogP contribution in [0.5, 0.6) is 0 Å². The molecule has 132 valence electrons. The third kappa shape index (κ3) is 3.47. The summed E-state index contributed by atoms with van der Waals surface area (Å²) in [5, 5.41) is 12.3. The Bertz CT molecular complexity index is 768. The summed E-state index contributed by atoms with van der Waals surface area (Å²) in [6.45, 7) is 5.06. The second-order valence-electron chi connectivity index (χ2n) is 5.09. The molecular weight excluding hydrogens is 347 g/mol. The van der Waals surface area contributed by atoms with Crippen LogP contribution in [-0.4, -0.2) is 35.8 Å². The Balaban J connectivity index is 2.11. The molecular formula is C12H16F3N7OS. The second kappa shape index (κ2) is 6.34. The van der Waals surface area contributed by atoms with Gasteiger partial charge in [0, 0.05) is 7.05 Å². The molecule has 0 aliphatic heterocycles. The average Bonchev–Trinajstić information content (AvgIpc) is 2.94. The van der Waals surface area contributed by atoms with E-state index in [0.29, 0.717) is 16.1 Å². The lowest BCUT2D eigenvalue weighted by atomic mass is 10.3. The van der Waals surface area contributed by atoms with Gasteiger partial charge in [-0.2, -0.15) is 18.3 Å². The Morgan fingerprint density at radius 1 is 1.33 bits per heavy atom. The predicted octanol–water partition coefficient (Wildman–Crippen LogP) is 1.48. The molecule has 24 heavy (non-hydrogen) atoms. The number of nitrogen functional groups attached to an aromatic ring is 1. The Hall–Kier alpha value is -2.24. The van der Waals surface area contributed by atoms with Crippen molar-refractivity contribution in [2.75, 3.05) is 11.2 Å².